The largest absolute Gasteiger partial charge is 0.744 e. The van der Waals surface area contributed by atoms with Crippen LogP contribution in [0.2, 0.25) is 0 Å². The van der Waals surface area contributed by atoms with Crippen molar-refractivity contribution in [1.29, 1.82) is 0 Å². The molecular formula is C28H47N3O4S. The molecule has 4 rings (SSSR count). The van der Waals surface area contributed by atoms with Crippen molar-refractivity contribution >= 4 is 16.1 Å². The molecule has 0 aromatic carbocycles. The predicted octanol–water partition coefficient (Wildman–Crippen LogP) is 4.83. The van der Waals surface area contributed by atoms with Gasteiger partial charge in [0.05, 0.1) is 26.6 Å². The minimum atomic E-state index is -4.38. The van der Waals surface area contributed by atoms with Gasteiger partial charge in [0.1, 0.15) is 10.1 Å². The van der Waals surface area contributed by atoms with E-state index < -0.39 is 10.1 Å². The van der Waals surface area contributed by atoms with Crippen LogP contribution in [0.15, 0.2) is 34.0 Å². The average Bonchev–Trinajstić information content (AvgIpc) is 3.25. The van der Waals surface area contributed by atoms with Crippen molar-refractivity contribution in [3.8, 4) is 0 Å². The van der Waals surface area contributed by atoms with Gasteiger partial charge >= 0.3 is 5.96 Å². The van der Waals surface area contributed by atoms with Crippen LogP contribution in [0.3, 0.4) is 0 Å². The van der Waals surface area contributed by atoms with Crippen molar-refractivity contribution < 1.29 is 22.0 Å². The first-order valence-corrected chi connectivity index (χ1v) is 14.8. The second-order valence-electron chi connectivity index (χ2n) is 12.8. The Morgan fingerprint density at radius 2 is 1.78 bits per heavy atom. The van der Waals surface area contributed by atoms with Crippen molar-refractivity contribution in [3.05, 3.63) is 35.1 Å². The standard InChI is InChI=1S/C25H38O4S.C3H9N3/c1-23(2)12-5-13-25(4)21(23)10-14-24(3)20(8-6-18-11-15-29-16-18)19(7-9-22(24)25)17-30(26,27)28;1-6(2)3(4)5/h11,15-17,20-22H,5-10,12-14H2,1-4H3,(H,26,27,28);1-2H3,(H3,4,5)/b19-17+;/t20-,21-,22-,24+,25-;/m0./s1. The second-order valence-corrected chi connectivity index (χ2v) is 14.0. The molecule has 3 aliphatic rings. The van der Waals surface area contributed by atoms with Crippen LogP contribution in [-0.2, 0) is 16.5 Å². The first kappa shape index (κ1) is 28.8. The van der Waals surface area contributed by atoms with E-state index in [0.717, 1.165) is 54.6 Å². The van der Waals surface area contributed by atoms with Gasteiger partial charge in [-0.1, -0.05) is 39.7 Å². The van der Waals surface area contributed by atoms with Crippen molar-refractivity contribution in [2.45, 2.75) is 85.5 Å². The maximum Gasteiger partial charge on any atom is 0.340 e. The minimum absolute atomic E-state index is 0.0389. The maximum atomic E-state index is 11.7. The van der Waals surface area contributed by atoms with E-state index in [0.29, 0.717) is 22.7 Å². The number of hydrogen-bond acceptors (Lipinski definition) is 4. The molecule has 1 aromatic heterocycles. The highest BCUT2D eigenvalue weighted by molar-refractivity contribution is 7.88. The Hall–Kier alpha value is -1.80. The van der Waals surface area contributed by atoms with Gasteiger partial charge in [0.15, 0.2) is 0 Å². The lowest BCUT2D eigenvalue weighted by Crippen LogP contribution is -2.58. The van der Waals surface area contributed by atoms with Gasteiger partial charge in [0.2, 0.25) is 0 Å². The smallest absolute Gasteiger partial charge is 0.340 e. The lowest BCUT2D eigenvalue weighted by atomic mass is 9.39. The molecule has 3 fully saturated rings. The number of guanidine groups is 1. The molecule has 204 valence electrons. The van der Waals surface area contributed by atoms with Crippen molar-refractivity contribution in [2.75, 3.05) is 14.1 Å². The van der Waals surface area contributed by atoms with E-state index in [9.17, 15) is 13.0 Å². The van der Waals surface area contributed by atoms with Crippen LogP contribution in [0, 0.1) is 34.0 Å². The molecule has 4 N–H and O–H groups in total. The van der Waals surface area contributed by atoms with Crippen LogP contribution in [0.4, 0.5) is 0 Å². The zero-order valence-corrected chi connectivity index (χ0v) is 23.9. The zero-order chi connectivity index (χ0) is 26.9. The SMILES string of the molecule is CC1(C)CCC[C@]2(C)[C@H]3CC/C(=C\S(=O)(=O)[O-])[C@H](CCc4ccoc4)[C@@]3(C)CC[C@@H]12.C[N+](C)=C(N)N. The fourth-order valence-corrected chi connectivity index (χ4v) is 8.91. The Morgan fingerprint density at radius 1 is 1.11 bits per heavy atom. The van der Waals surface area contributed by atoms with Gasteiger partial charge in [-0.15, -0.1) is 0 Å². The summed E-state index contributed by atoms with van der Waals surface area (Å²) in [6.07, 6.45) is 13.1. The first-order valence-electron chi connectivity index (χ1n) is 13.3. The number of hydrogen-bond donors (Lipinski definition) is 2. The normalized spacial score (nSPS) is 34.6. The van der Waals surface area contributed by atoms with Gasteiger partial charge in [0, 0.05) is 5.41 Å². The molecule has 0 unspecified atom stereocenters. The van der Waals surface area contributed by atoms with E-state index in [1.54, 1.807) is 31.2 Å². The number of rotatable bonds is 4. The monoisotopic (exact) mass is 521 g/mol. The quantitative estimate of drug-likeness (QED) is 0.253. The molecule has 0 aliphatic heterocycles. The molecule has 5 atom stereocenters. The number of nitrogens with zero attached hydrogens (tertiary/aromatic N) is 1. The summed E-state index contributed by atoms with van der Waals surface area (Å²) in [5.74, 6) is 1.77. The van der Waals surface area contributed by atoms with E-state index in [1.165, 1.54) is 25.7 Å². The van der Waals surface area contributed by atoms with Gasteiger partial charge < -0.3 is 8.97 Å². The highest BCUT2D eigenvalue weighted by Crippen LogP contribution is 2.69. The molecule has 1 aromatic rings. The van der Waals surface area contributed by atoms with Crippen LogP contribution in [-0.4, -0.2) is 37.6 Å². The first-order chi connectivity index (χ1) is 16.6. The van der Waals surface area contributed by atoms with E-state index in [2.05, 4.69) is 27.7 Å². The number of fused-ring (bicyclic) bond motifs is 3. The molecule has 3 aliphatic carbocycles. The average molecular weight is 522 g/mol. The summed E-state index contributed by atoms with van der Waals surface area (Å²) < 4.78 is 41.9. The highest BCUT2D eigenvalue weighted by atomic mass is 32.2. The van der Waals surface area contributed by atoms with Gasteiger partial charge in [0.25, 0.3) is 0 Å². The summed E-state index contributed by atoms with van der Waals surface area (Å²) in [7, 11) is -0.807. The molecule has 0 bridgehead atoms. The Labute approximate surface area is 218 Å². The van der Waals surface area contributed by atoms with Gasteiger partial charge in [-0.2, -0.15) is 0 Å². The number of allylic oxidation sites excluding steroid dienone is 1. The Bertz CT molecular complexity index is 1060. The summed E-state index contributed by atoms with van der Waals surface area (Å²) in [5.41, 5.74) is 12.8. The van der Waals surface area contributed by atoms with Crippen molar-refractivity contribution in [3.63, 3.8) is 0 Å². The van der Waals surface area contributed by atoms with E-state index in [1.807, 2.05) is 6.07 Å². The predicted molar refractivity (Wildman–Crippen MR) is 143 cm³/mol. The van der Waals surface area contributed by atoms with Crippen LogP contribution < -0.4 is 11.5 Å². The molecule has 0 spiro atoms. The summed E-state index contributed by atoms with van der Waals surface area (Å²) in [5, 5.41) is 1.06. The molecule has 36 heavy (non-hydrogen) atoms. The molecule has 1 heterocycles. The van der Waals surface area contributed by atoms with Gasteiger partial charge in [-0.25, -0.2) is 8.42 Å². The number of furan rings is 1. The molecule has 0 amide bonds. The Balaban J connectivity index is 0.000000538. The third kappa shape index (κ3) is 6.01. The summed E-state index contributed by atoms with van der Waals surface area (Å²) in [4.78, 5) is 0. The number of aryl methyl sites for hydroxylation is 1. The van der Waals surface area contributed by atoms with E-state index in [4.69, 9.17) is 15.9 Å². The lowest BCUT2D eigenvalue weighted by Gasteiger charge is -2.66. The zero-order valence-electron chi connectivity index (χ0n) is 23.0. The summed E-state index contributed by atoms with van der Waals surface area (Å²) in [6, 6.07) is 1.98. The lowest BCUT2D eigenvalue weighted by molar-refractivity contribution is -0.466. The Morgan fingerprint density at radius 3 is 2.33 bits per heavy atom. The highest BCUT2D eigenvalue weighted by Gasteiger charge is 2.61. The molecule has 8 heteroatoms. The minimum Gasteiger partial charge on any atom is -0.744 e. The van der Waals surface area contributed by atoms with Crippen LogP contribution in [0.25, 0.3) is 0 Å². The second kappa shape index (κ2) is 10.5. The van der Waals surface area contributed by atoms with Crippen molar-refractivity contribution in [2.24, 2.45) is 45.5 Å². The number of nitrogens with two attached hydrogens (primary N) is 2. The van der Waals surface area contributed by atoms with Gasteiger partial charge in [-0.3, -0.25) is 16.0 Å². The van der Waals surface area contributed by atoms with Crippen LogP contribution in [0.5, 0.6) is 0 Å². The van der Waals surface area contributed by atoms with Crippen LogP contribution >= 0.6 is 0 Å². The molecule has 0 saturated heterocycles. The fourth-order valence-electron chi connectivity index (χ4n) is 8.26. The molecule has 0 radical (unpaired) electrons. The van der Waals surface area contributed by atoms with Gasteiger partial charge in [-0.05, 0) is 97.0 Å². The third-order valence-corrected chi connectivity index (χ3v) is 10.5. The summed E-state index contributed by atoms with van der Waals surface area (Å²) >= 11 is 0. The molecule has 7 nitrogen and oxygen atoms in total. The van der Waals surface area contributed by atoms with E-state index >= 15 is 0 Å². The van der Waals surface area contributed by atoms with Crippen LogP contribution in [0.1, 0.15) is 84.6 Å². The fraction of sp³-hybridized carbons (Fsp3) is 0.750. The summed E-state index contributed by atoms with van der Waals surface area (Å²) in [6.45, 7) is 9.82. The third-order valence-electron chi connectivity index (χ3n) is 9.92. The molecular weight excluding hydrogens is 474 g/mol. The van der Waals surface area contributed by atoms with E-state index in [-0.39, 0.29) is 11.3 Å². The van der Waals surface area contributed by atoms with Crippen molar-refractivity contribution in [1.82, 2.24) is 0 Å². The maximum absolute atomic E-state index is 11.7. The topological polar surface area (TPSA) is 125 Å². The molecule has 3 saturated carbocycles. The Kier molecular flexibility index (Phi) is 8.41.